The second-order valence-corrected chi connectivity index (χ2v) is 6.87. The summed E-state index contributed by atoms with van der Waals surface area (Å²) in [7, 11) is 1.74. The summed E-state index contributed by atoms with van der Waals surface area (Å²) in [6.07, 6.45) is 2.64. The van der Waals surface area contributed by atoms with E-state index in [4.69, 9.17) is 16.3 Å². The lowest BCUT2D eigenvalue weighted by Crippen LogP contribution is -2.49. The number of nitrogens with one attached hydrogen (secondary N) is 2. The van der Waals surface area contributed by atoms with Gasteiger partial charge < -0.3 is 20.3 Å². The molecule has 2 rings (SSSR count). The minimum absolute atomic E-state index is 0. The second-order valence-electron chi connectivity index (χ2n) is 6.46. The van der Waals surface area contributed by atoms with E-state index in [1.54, 1.807) is 19.2 Å². The highest BCUT2D eigenvalue weighted by atomic mass is 127. The lowest BCUT2D eigenvalue weighted by Gasteiger charge is -2.32. The van der Waals surface area contributed by atoms with Crippen molar-refractivity contribution in [3.05, 3.63) is 34.6 Å². The highest BCUT2D eigenvalue weighted by Gasteiger charge is 2.19. The third-order valence-corrected chi connectivity index (χ3v) is 4.93. The Morgan fingerprint density at radius 2 is 2.11 bits per heavy atom. The van der Waals surface area contributed by atoms with Gasteiger partial charge in [0.1, 0.15) is 5.82 Å². The van der Waals surface area contributed by atoms with E-state index in [0.29, 0.717) is 29.6 Å². The van der Waals surface area contributed by atoms with Gasteiger partial charge in [-0.05, 0) is 38.3 Å². The van der Waals surface area contributed by atoms with Crippen LogP contribution in [0.25, 0.3) is 0 Å². The minimum Gasteiger partial charge on any atom is -0.383 e. The number of likely N-dealkylation sites (tertiary alicyclic amines) is 1. The zero-order valence-electron chi connectivity index (χ0n) is 16.1. The molecule has 8 heteroatoms. The maximum absolute atomic E-state index is 13.8. The summed E-state index contributed by atoms with van der Waals surface area (Å²) in [5, 5.41) is 7.23. The monoisotopic (exact) mass is 512 g/mol. The van der Waals surface area contributed by atoms with Crippen LogP contribution in [0.3, 0.4) is 0 Å². The third-order valence-electron chi connectivity index (χ3n) is 4.58. The fourth-order valence-corrected chi connectivity index (χ4v) is 3.34. The molecular weight excluding hydrogens is 482 g/mol. The maximum atomic E-state index is 13.8. The fourth-order valence-electron chi connectivity index (χ4n) is 3.09. The Labute approximate surface area is 184 Å². The van der Waals surface area contributed by atoms with Gasteiger partial charge in [-0.15, -0.1) is 24.0 Å². The molecular formula is C19H31ClFIN4O. The second kappa shape index (κ2) is 13.5. The quantitative estimate of drug-likeness (QED) is 0.319. The van der Waals surface area contributed by atoms with Crippen molar-refractivity contribution in [3.63, 3.8) is 0 Å². The normalized spacial score (nSPS) is 16.1. The number of rotatable bonds is 8. The molecule has 154 valence electrons. The van der Waals surface area contributed by atoms with E-state index >= 15 is 0 Å². The van der Waals surface area contributed by atoms with Crippen molar-refractivity contribution >= 4 is 41.5 Å². The van der Waals surface area contributed by atoms with Crippen molar-refractivity contribution in [2.24, 2.45) is 4.99 Å². The van der Waals surface area contributed by atoms with Gasteiger partial charge in [0.15, 0.2) is 5.96 Å². The number of halogens is 3. The minimum atomic E-state index is -0.269. The summed E-state index contributed by atoms with van der Waals surface area (Å²) in [6, 6.07) is 5.18. The Morgan fingerprint density at radius 3 is 2.74 bits per heavy atom. The lowest BCUT2D eigenvalue weighted by molar-refractivity contribution is 0.128. The van der Waals surface area contributed by atoms with Gasteiger partial charge in [-0.1, -0.05) is 17.7 Å². The van der Waals surface area contributed by atoms with Crippen molar-refractivity contribution < 1.29 is 9.13 Å². The van der Waals surface area contributed by atoms with Crippen LogP contribution < -0.4 is 10.6 Å². The molecule has 5 nitrogen and oxygen atoms in total. The molecule has 0 saturated carbocycles. The molecule has 0 atom stereocenters. The number of hydrogen-bond acceptors (Lipinski definition) is 3. The highest BCUT2D eigenvalue weighted by molar-refractivity contribution is 14.0. The van der Waals surface area contributed by atoms with Crippen molar-refractivity contribution in [2.75, 3.05) is 46.4 Å². The molecule has 1 heterocycles. The van der Waals surface area contributed by atoms with E-state index in [9.17, 15) is 4.39 Å². The molecule has 0 radical (unpaired) electrons. The SMILES string of the molecule is CCNC(=NCCc1c(F)cccc1Cl)NC1CCN(CCOC)CC1.I. The van der Waals surface area contributed by atoms with Crippen LogP contribution in [0.15, 0.2) is 23.2 Å². The summed E-state index contributed by atoms with van der Waals surface area (Å²) < 4.78 is 19.0. The zero-order chi connectivity index (χ0) is 18.8. The van der Waals surface area contributed by atoms with Crippen LogP contribution in [0, 0.1) is 5.82 Å². The third kappa shape index (κ3) is 8.50. The van der Waals surface area contributed by atoms with E-state index < -0.39 is 0 Å². The molecule has 1 saturated heterocycles. The molecule has 1 aromatic rings. The molecule has 27 heavy (non-hydrogen) atoms. The van der Waals surface area contributed by atoms with Gasteiger partial charge in [0.25, 0.3) is 0 Å². The number of aliphatic imine (C=N–C) groups is 1. The molecule has 0 bridgehead atoms. The number of guanidine groups is 1. The average molecular weight is 513 g/mol. The van der Waals surface area contributed by atoms with Crippen LogP contribution in [-0.2, 0) is 11.2 Å². The molecule has 0 aliphatic carbocycles. The molecule has 1 aliphatic rings. The predicted octanol–water partition coefficient (Wildman–Crippen LogP) is 3.31. The summed E-state index contributed by atoms with van der Waals surface area (Å²) >= 11 is 6.08. The summed E-state index contributed by atoms with van der Waals surface area (Å²) in [4.78, 5) is 7.01. The van der Waals surface area contributed by atoms with Gasteiger partial charge in [-0.2, -0.15) is 0 Å². The first kappa shape index (κ1) is 24.4. The van der Waals surface area contributed by atoms with Gasteiger partial charge in [0.05, 0.1) is 6.61 Å². The smallest absolute Gasteiger partial charge is 0.191 e. The lowest BCUT2D eigenvalue weighted by atomic mass is 10.1. The molecule has 0 spiro atoms. The number of benzene rings is 1. The van der Waals surface area contributed by atoms with Gasteiger partial charge in [0.2, 0.25) is 0 Å². The van der Waals surface area contributed by atoms with Crippen molar-refractivity contribution in [1.82, 2.24) is 15.5 Å². The summed E-state index contributed by atoms with van der Waals surface area (Å²) in [5.41, 5.74) is 0.528. The van der Waals surface area contributed by atoms with Crippen molar-refractivity contribution in [1.29, 1.82) is 0 Å². The van der Waals surface area contributed by atoms with Crippen LogP contribution in [0.4, 0.5) is 4.39 Å². The molecule has 0 unspecified atom stereocenters. The van der Waals surface area contributed by atoms with E-state index in [1.165, 1.54) is 6.07 Å². The van der Waals surface area contributed by atoms with E-state index in [1.807, 2.05) is 6.92 Å². The molecule has 0 amide bonds. The van der Waals surface area contributed by atoms with E-state index in [0.717, 1.165) is 51.6 Å². The van der Waals surface area contributed by atoms with Crippen LogP contribution in [0.2, 0.25) is 5.02 Å². The number of hydrogen-bond donors (Lipinski definition) is 2. The van der Waals surface area contributed by atoms with Gasteiger partial charge in [-0.25, -0.2) is 4.39 Å². The molecule has 2 N–H and O–H groups in total. The zero-order valence-corrected chi connectivity index (χ0v) is 19.2. The largest absolute Gasteiger partial charge is 0.383 e. The first-order valence-electron chi connectivity index (χ1n) is 9.33. The van der Waals surface area contributed by atoms with Gasteiger partial charge in [0, 0.05) is 56.5 Å². The predicted molar refractivity (Wildman–Crippen MR) is 121 cm³/mol. The number of methoxy groups -OCH3 is 1. The standard InChI is InChI=1S/C19H30ClFN4O.HI/c1-3-22-19(23-10-7-16-17(20)5-4-6-18(16)21)24-15-8-11-25(12-9-15)13-14-26-2;/h4-6,15H,3,7-14H2,1-2H3,(H2,22,23,24);1H. The molecule has 1 aliphatic heterocycles. The first-order valence-corrected chi connectivity index (χ1v) is 9.70. The maximum Gasteiger partial charge on any atom is 0.191 e. The van der Waals surface area contributed by atoms with Gasteiger partial charge in [-0.3, -0.25) is 4.99 Å². The molecule has 1 aromatic carbocycles. The van der Waals surface area contributed by atoms with E-state index in [-0.39, 0.29) is 29.8 Å². The Hall–Kier alpha value is -0.640. The van der Waals surface area contributed by atoms with Crippen LogP contribution in [0.5, 0.6) is 0 Å². The fraction of sp³-hybridized carbons (Fsp3) is 0.632. The number of nitrogens with zero attached hydrogens (tertiary/aromatic N) is 2. The topological polar surface area (TPSA) is 48.9 Å². The molecule has 1 fully saturated rings. The van der Waals surface area contributed by atoms with Crippen LogP contribution in [0.1, 0.15) is 25.3 Å². The highest BCUT2D eigenvalue weighted by Crippen LogP contribution is 2.19. The number of piperidine rings is 1. The van der Waals surface area contributed by atoms with Crippen molar-refractivity contribution in [3.8, 4) is 0 Å². The van der Waals surface area contributed by atoms with Crippen molar-refractivity contribution in [2.45, 2.75) is 32.2 Å². The Balaban J connectivity index is 0.00000364. The van der Waals surface area contributed by atoms with Crippen LogP contribution >= 0.6 is 35.6 Å². The van der Waals surface area contributed by atoms with Gasteiger partial charge >= 0.3 is 0 Å². The average Bonchev–Trinajstić information content (AvgIpc) is 2.63. The first-order chi connectivity index (χ1) is 12.6. The Kier molecular flexibility index (Phi) is 12.2. The Bertz CT molecular complexity index is 563. The molecule has 0 aromatic heterocycles. The summed E-state index contributed by atoms with van der Waals surface area (Å²) in [5.74, 6) is 0.518. The van der Waals surface area contributed by atoms with Crippen LogP contribution in [-0.4, -0.2) is 63.3 Å². The summed E-state index contributed by atoms with van der Waals surface area (Å²) in [6.45, 7) is 7.21. The number of ether oxygens (including phenoxy) is 1. The van der Waals surface area contributed by atoms with E-state index in [2.05, 4.69) is 20.5 Å². The Morgan fingerprint density at radius 1 is 1.37 bits per heavy atom.